The van der Waals surface area contributed by atoms with Gasteiger partial charge in [-0.25, -0.2) is 9.48 Å². The van der Waals surface area contributed by atoms with Gasteiger partial charge in [-0.15, -0.1) is 0 Å². The van der Waals surface area contributed by atoms with Crippen LogP contribution >= 0.6 is 0 Å². The number of nitrogens with one attached hydrogen (secondary N) is 2. The molecule has 0 spiro atoms. The molecule has 0 amide bonds. The molecule has 2 aliphatic rings. The average Bonchev–Trinajstić information content (AvgIpc) is 2.75. The Morgan fingerprint density at radius 2 is 2.21 bits per heavy atom. The smallest absolute Gasteiger partial charge is 0.316 e. The van der Waals surface area contributed by atoms with E-state index in [4.69, 9.17) is 0 Å². The second-order valence-corrected chi connectivity index (χ2v) is 4.18. The molecule has 1 aliphatic carbocycles. The van der Waals surface area contributed by atoms with Crippen LogP contribution < -0.4 is 11.0 Å². The standard InChI is InChI=1S/C9H14N4O/c14-9-11-8(6-3-4-10-5-6)12-13(9)7-1-2-7/h6-7,10H,1-5H2,(H,11,12,14). The summed E-state index contributed by atoms with van der Waals surface area (Å²) < 4.78 is 1.62. The lowest BCUT2D eigenvalue weighted by Gasteiger charge is -2.01. The minimum absolute atomic E-state index is 0.0330. The van der Waals surface area contributed by atoms with Crippen LogP contribution in [0.25, 0.3) is 0 Å². The summed E-state index contributed by atoms with van der Waals surface area (Å²) in [5.41, 5.74) is -0.0330. The van der Waals surface area contributed by atoms with Gasteiger partial charge in [0.2, 0.25) is 0 Å². The first-order valence-corrected chi connectivity index (χ1v) is 5.24. The van der Waals surface area contributed by atoms with E-state index in [2.05, 4.69) is 15.4 Å². The number of hydrogen-bond donors (Lipinski definition) is 2. The molecule has 1 aromatic heterocycles. The van der Waals surface area contributed by atoms with Crippen molar-refractivity contribution in [3.8, 4) is 0 Å². The van der Waals surface area contributed by atoms with E-state index in [9.17, 15) is 4.79 Å². The molecule has 1 saturated heterocycles. The van der Waals surface area contributed by atoms with Crippen LogP contribution in [-0.4, -0.2) is 27.9 Å². The fourth-order valence-corrected chi connectivity index (χ4v) is 1.99. The fraction of sp³-hybridized carbons (Fsp3) is 0.778. The van der Waals surface area contributed by atoms with Crippen molar-refractivity contribution in [2.24, 2.45) is 0 Å². The third kappa shape index (κ3) is 1.28. The summed E-state index contributed by atoms with van der Waals surface area (Å²) in [6, 6.07) is 0.377. The molecule has 2 fully saturated rings. The lowest BCUT2D eigenvalue weighted by Crippen LogP contribution is -2.16. The summed E-state index contributed by atoms with van der Waals surface area (Å²) >= 11 is 0. The van der Waals surface area contributed by atoms with Gasteiger partial charge in [-0.05, 0) is 25.8 Å². The highest BCUT2D eigenvalue weighted by atomic mass is 16.2. The highest BCUT2D eigenvalue weighted by Crippen LogP contribution is 2.33. The molecule has 76 valence electrons. The molecule has 3 rings (SSSR count). The van der Waals surface area contributed by atoms with Gasteiger partial charge < -0.3 is 5.32 Å². The third-order valence-corrected chi connectivity index (χ3v) is 3.00. The van der Waals surface area contributed by atoms with E-state index < -0.39 is 0 Å². The number of hydrogen-bond acceptors (Lipinski definition) is 3. The number of aromatic nitrogens is 3. The largest absolute Gasteiger partial charge is 0.343 e. The van der Waals surface area contributed by atoms with Gasteiger partial charge in [0.05, 0.1) is 6.04 Å². The van der Waals surface area contributed by atoms with Crippen molar-refractivity contribution in [2.45, 2.75) is 31.2 Å². The Morgan fingerprint density at radius 1 is 1.36 bits per heavy atom. The number of H-pyrrole nitrogens is 1. The van der Waals surface area contributed by atoms with E-state index >= 15 is 0 Å². The summed E-state index contributed by atoms with van der Waals surface area (Å²) in [4.78, 5) is 14.4. The van der Waals surface area contributed by atoms with Gasteiger partial charge in [-0.3, -0.25) is 4.98 Å². The number of rotatable bonds is 2. The van der Waals surface area contributed by atoms with Crippen LogP contribution in [0.2, 0.25) is 0 Å². The van der Waals surface area contributed by atoms with Crippen molar-refractivity contribution >= 4 is 0 Å². The Hall–Kier alpha value is -1.10. The Bertz CT molecular complexity index is 384. The zero-order valence-corrected chi connectivity index (χ0v) is 7.99. The van der Waals surface area contributed by atoms with Gasteiger partial charge in [-0.1, -0.05) is 0 Å². The third-order valence-electron chi connectivity index (χ3n) is 3.00. The Morgan fingerprint density at radius 3 is 2.86 bits per heavy atom. The summed E-state index contributed by atoms with van der Waals surface area (Å²) in [5.74, 6) is 1.27. The van der Waals surface area contributed by atoms with Crippen molar-refractivity contribution in [2.75, 3.05) is 13.1 Å². The lowest BCUT2D eigenvalue weighted by molar-refractivity contribution is 0.595. The molecule has 0 radical (unpaired) electrons. The Kier molecular flexibility index (Phi) is 1.73. The first kappa shape index (κ1) is 8.23. The zero-order chi connectivity index (χ0) is 9.54. The van der Waals surface area contributed by atoms with Gasteiger partial charge in [0.25, 0.3) is 0 Å². The molecule has 5 nitrogen and oxygen atoms in total. The first-order valence-electron chi connectivity index (χ1n) is 5.24. The zero-order valence-electron chi connectivity index (χ0n) is 7.99. The summed E-state index contributed by atoms with van der Waals surface area (Å²) in [5, 5.41) is 7.64. The summed E-state index contributed by atoms with van der Waals surface area (Å²) in [6.45, 7) is 1.97. The number of aromatic amines is 1. The monoisotopic (exact) mass is 194 g/mol. The quantitative estimate of drug-likeness (QED) is 0.695. The van der Waals surface area contributed by atoms with Crippen molar-refractivity contribution in [3.05, 3.63) is 16.3 Å². The van der Waals surface area contributed by atoms with Gasteiger partial charge in [0.1, 0.15) is 5.82 Å². The van der Waals surface area contributed by atoms with Crippen molar-refractivity contribution in [1.29, 1.82) is 0 Å². The maximum Gasteiger partial charge on any atom is 0.343 e. The van der Waals surface area contributed by atoms with E-state index in [1.165, 1.54) is 0 Å². The molecular formula is C9H14N4O. The van der Waals surface area contributed by atoms with Crippen molar-refractivity contribution in [1.82, 2.24) is 20.1 Å². The predicted molar refractivity (Wildman–Crippen MR) is 51.3 cm³/mol. The lowest BCUT2D eigenvalue weighted by atomic mass is 10.1. The minimum Gasteiger partial charge on any atom is -0.316 e. The molecule has 14 heavy (non-hydrogen) atoms. The predicted octanol–water partition coefficient (Wildman–Crippen LogP) is -0.0168. The van der Waals surface area contributed by atoms with Gasteiger partial charge in [0.15, 0.2) is 0 Å². The molecule has 2 heterocycles. The fourth-order valence-electron chi connectivity index (χ4n) is 1.99. The Labute approximate surface area is 81.5 Å². The van der Waals surface area contributed by atoms with Crippen molar-refractivity contribution in [3.63, 3.8) is 0 Å². The van der Waals surface area contributed by atoms with Crippen LogP contribution in [-0.2, 0) is 0 Å². The number of nitrogens with zero attached hydrogens (tertiary/aromatic N) is 2. The SMILES string of the molecule is O=c1[nH]c(C2CCNC2)nn1C1CC1. The maximum atomic E-state index is 11.5. The van der Waals surface area contributed by atoms with Gasteiger partial charge >= 0.3 is 5.69 Å². The molecule has 0 aromatic carbocycles. The minimum atomic E-state index is -0.0330. The molecule has 1 saturated carbocycles. The molecule has 0 bridgehead atoms. The average molecular weight is 194 g/mol. The van der Waals surface area contributed by atoms with Crippen molar-refractivity contribution < 1.29 is 0 Å². The topological polar surface area (TPSA) is 62.7 Å². The molecular weight excluding hydrogens is 180 g/mol. The second-order valence-electron chi connectivity index (χ2n) is 4.18. The highest BCUT2D eigenvalue weighted by Gasteiger charge is 2.29. The van der Waals surface area contributed by atoms with Crippen LogP contribution in [0.5, 0.6) is 0 Å². The molecule has 1 aliphatic heterocycles. The van der Waals surface area contributed by atoms with Crippen LogP contribution in [0.15, 0.2) is 4.79 Å². The maximum absolute atomic E-state index is 11.5. The molecule has 1 atom stereocenters. The Balaban J connectivity index is 1.90. The van der Waals surface area contributed by atoms with E-state index in [-0.39, 0.29) is 5.69 Å². The van der Waals surface area contributed by atoms with E-state index in [0.29, 0.717) is 12.0 Å². The van der Waals surface area contributed by atoms with Crippen LogP contribution in [0, 0.1) is 0 Å². The van der Waals surface area contributed by atoms with E-state index in [1.807, 2.05) is 0 Å². The molecule has 2 N–H and O–H groups in total. The molecule has 1 unspecified atom stereocenters. The van der Waals surface area contributed by atoms with Crippen LogP contribution in [0.3, 0.4) is 0 Å². The van der Waals surface area contributed by atoms with E-state index in [1.54, 1.807) is 4.68 Å². The van der Waals surface area contributed by atoms with Crippen LogP contribution in [0.4, 0.5) is 0 Å². The summed E-state index contributed by atoms with van der Waals surface area (Å²) in [6.07, 6.45) is 3.29. The molecule has 5 heteroatoms. The van der Waals surface area contributed by atoms with Gasteiger partial charge in [0, 0.05) is 12.5 Å². The van der Waals surface area contributed by atoms with E-state index in [0.717, 1.165) is 38.2 Å². The molecule has 1 aromatic rings. The van der Waals surface area contributed by atoms with Gasteiger partial charge in [-0.2, -0.15) is 5.10 Å². The summed E-state index contributed by atoms with van der Waals surface area (Å²) in [7, 11) is 0. The highest BCUT2D eigenvalue weighted by molar-refractivity contribution is 4.99. The normalized spacial score (nSPS) is 27.0. The van der Waals surface area contributed by atoms with Crippen LogP contribution in [0.1, 0.15) is 37.0 Å². The first-order chi connectivity index (χ1) is 6.84. The second kappa shape index (κ2) is 2.95.